The first-order chi connectivity index (χ1) is 40.0. The second-order valence-corrected chi connectivity index (χ2v) is 26.5. The molecule has 0 aromatic rings. The highest BCUT2D eigenvalue weighted by molar-refractivity contribution is 7.47. The molecule has 0 heterocycles. The van der Waals surface area contributed by atoms with E-state index in [2.05, 4.69) is 34.6 Å². The zero-order valence-electron chi connectivity index (χ0n) is 53.3. The van der Waals surface area contributed by atoms with Crippen molar-refractivity contribution in [1.29, 1.82) is 0 Å². The van der Waals surface area contributed by atoms with Gasteiger partial charge in [-0.05, 0) is 31.6 Å². The number of ether oxygens (including phenoxy) is 4. The molecule has 0 aliphatic rings. The van der Waals surface area contributed by atoms with Crippen LogP contribution in [0.15, 0.2) is 0 Å². The van der Waals surface area contributed by atoms with Gasteiger partial charge in [-0.1, -0.05) is 272 Å². The van der Waals surface area contributed by atoms with E-state index in [0.717, 1.165) is 95.8 Å². The molecule has 492 valence electrons. The van der Waals surface area contributed by atoms with Crippen LogP contribution in [0, 0.1) is 5.92 Å². The summed E-state index contributed by atoms with van der Waals surface area (Å²) in [4.78, 5) is 72.2. The third kappa shape index (κ3) is 58.8. The summed E-state index contributed by atoms with van der Waals surface area (Å²) in [6.45, 7) is 7.16. The Bertz CT molecular complexity index is 1620. The van der Waals surface area contributed by atoms with Gasteiger partial charge in [-0.2, -0.15) is 0 Å². The number of phosphoric ester groups is 2. The van der Waals surface area contributed by atoms with Crippen LogP contribution in [0.5, 0.6) is 0 Å². The molecule has 2 unspecified atom stereocenters. The fraction of sp³-hybridized carbons (Fsp3) is 0.938. The van der Waals surface area contributed by atoms with Crippen LogP contribution in [0.3, 0.4) is 0 Å². The molecule has 5 atom stereocenters. The van der Waals surface area contributed by atoms with Gasteiger partial charge >= 0.3 is 39.5 Å². The summed E-state index contributed by atoms with van der Waals surface area (Å²) < 4.78 is 68.0. The molecule has 0 aromatic carbocycles. The van der Waals surface area contributed by atoms with Gasteiger partial charge in [-0.3, -0.25) is 37.3 Å². The Morgan fingerprint density at radius 1 is 0.325 bits per heavy atom. The number of carbonyl (C=O) groups is 4. The summed E-state index contributed by atoms with van der Waals surface area (Å²) in [6.07, 6.45) is 41.6. The molecule has 3 N–H and O–H groups in total. The Labute approximate surface area is 505 Å². The van der Waals surface area contributed by atoms with Gasteiger partial charge in [0.2, 0.25) is 0 Å². The van der Waals surface area contributed by atoms with Gasteiger partial charge in [0.15, 0.2) is 12.2 Å². The van der Waals surface area contributed by atoms with Gasteiger partial charge in [-0.25, -0.2) is 9.13 Å². The molecular weight excluding hydrogens is 1100 g/mol. The normalized spacial score (nSPS) is 14.2. The molecule has 0 aliphatic carbocycles. The summed E-state index contributed by atoms with van der Waals surface area (Å²) in [5, 5.41) is 10.5. The maximum absolute atomic E-state index is 13.0. The van der Waals surface area contributed by atoms with Gasteiger partial charge < -0.3 is 33.8 Å². The first-order valence-electron chi connectivity index (χ1n) is 33.6. The number of phosphoric acid groups is 2. The minimum absolute atomic E-state index is 0.106. The summed E-state index contributed by atoms with van der Waals surface area (Å²) in [7, 11) is -9.88. The fourth-order valence-corrected chi connectivity index (χ4v) is 11.2. The Hall–Kier alpha value is -1.94. The molecule has 17 nitrogen and oxygen atoms in total. The average Bonchev–Trinajstić information content (AvgIpc) is 3.46. The van der Waals surface area contributed by atoms with Crippen LogP contribution < -0.4 is 0 Å². The average molecular weight is 1230 g/mol. The minimum Gasteiger partial charge on any atom is -0.462 e. The molecule has 0 saturated heterocycles. The Morgan fingerprint density at radius 2 is 0.554 bits per heavy atom. The number of rotatable bonds is 64. The Morgan fingerprint density at radius 3 is 0.819 bits per heavy atom. The van der Waals surface area contributed by atoms with Crippen molar-refractivity contribution in [3.8, 4) is 0 Å². The van der Waals surface area contributed by atoms with Crippen molar-refractivity contribution in [1.82, 2.24) is 0 Å². The fourth-order valence-electron chi connectivity index (χ4n) is 9.58. The Balaban J connectivity index is 5.23. The van der Waals surface area contributed by atoms with E-state index in [1.165, 1.54) is 148 Å². The third-order valence-corrected chi connectivity index (χ3v) is 16.7. The van der Waals surface area contributed by atoms with Gasteiger partial charge in [0.1, 0.15) is 19.3 Å². The van der Waals surface area contributed by atoms with Gasteiger partial charge in [0, 0.05) is 25.7 Å². The van der Waals surface area contributed by atoms with Gasteiger partial charge in [0.05, 0.1) is 26.4 Å². The number of aliphatic hydroxyl groups excluding tert-OH is 1. The lowest BCUT2D eigenvalue weighted by Crippen LogP contribution is -2.30. The van der Waals surface area contributed by atoms with Crippen molar-refractivity contribution in [2.45, 2.75) is 342 Å². The zero-order valence-corrected chi connectivity index (χ0v) is 55.1. The molecule has 0 fully saturated rings. The van der Waals surface area contributed by atoms with Crippen LogP contribution >= 0.6 is 15.6 Å². The largest absolute Gasteiger partial charge is 0.472 e. The maximum Gasteiger partial charge on any atom is 0.472 e. The number of hydrogen-bond acceptors (Lipinski definition) is 15. The minimum atomic E-state index is -4.94. The van der Waals surface area contributed by atoms with E-state index in [0.29, 0.717) is 25.7 Å². The maximum atomic E-state index is 13.0. The quantitative estimate of drug-likeness (QED) is 0.0222. The van der Waals surface area contributed by atoms with Gasteiger partial charge in [0.25, 0.3) is 0 Å². The van der Waals surface area contributed by atoms with E-state index >= 15 is 0 Å². The Kier molecular flexibility index (Phi) is 56.4. The van der Waals surface area contributed by atoms with Crippen LogP contribution in [-0.4, -0.2) is 96.7 Å². The van der Waals surface area contributed by atoms with E-state index < -0.39 is 97.5 Å². The number of unbranched alkanes of at least 4 members (excludes halogenated alkanes) is 36. The predicted octanol–water partition coefficient (Wildman–Crippen LogP) is 17.8. The van der Waals surface area contributed by atoms with E-state index in [9.17, 15) is 43.2 Å². The van der Waals surface area contributed by atoms with Gasteiger partial charge in [-0.15, -0.1) is 0 Å². The molecule has 0 aromatic heterocycles. The number of esters is 4. The summed E-state index contributed by atoms with van der Waals surface area (Å²) in [6, 6.07) is 0. The summed E-state index contributed by atoms with van der Waals surface area (Å²) in [5.41, 5.74) is 0. The van der Waals surface area contributed by atoms with Crippen molar-refractivity contribution in [3.63, 3.8) is 0 Å². The first kappa shape index (κ1) is 81.1. The van der Waals surface area contributed by atoms with E-state index in [-0.39, 0.29) is 25.7 Å². The lowest BCUT2D eigenvalue weighted by Gasteiger charge is -2.21. The van der Waals surface area contributed by atoms with E-state index in [1.807, 2.05) is 0 Å². The first-order valence-corrected chi connectivity index (χ1v) is 36.6. The van der Waals surface area contributed by atoms with Crippen LogP contribution in [0.4, 0.5) is 0 Å². The standard InChI is InChI=1S/C64H124O17P2/c1-6-9-12-15-18-21-23-29-33-38-43-48-62(67)75-54-60(81-64(69)50-45-40-35-30-25-24-27-31-36-41-46-57(4)5)56-79-83(72,73)77-52-58(65)51-76-82(70,71)78-55-59(53-74-61(66)47-42-37-32-26-20-17-14-11-8-3)80-63(68)49-44-39-34-28-22-19-16-13-10-7-2/h57-60,65H,6-56H2,1-5H3,(H,70,71)(H,72,73)/t58-,59+,60+/m0/s1. The van der Waals surface area contributed by atoms with E-state index in [1.54, 1.807) is 0 Å². The molecule has 0 aliphatic heterocycles. The SMILES string of the molecule is CCCCCCCCCCCCCC(=O)OC[C@H](COP(=O)(O)OC[C@@H](O)COP(=O)(O)OC[C@@H](COC(=O)CCCCCCCCCCC)OC(=O)CCCCCCCCCCCC)OC(=O)CCCCCCCCCCCCC(C)C. The number of aliphatic hydroxyl groups is 1. The molecule has 19 heteroatoms. The van der Waals surface area contributed by atoms with Crippen molar-refractivity contribution >= 4 is 39.5 Å². The van der Waals surface area contributed by atoms with Crippen LogP contribution in [0.2, 0.25) is 0 Å². The van der Waals surface area contributed by atoms with Crippen LogP contribution in [-0.2, 0) is 65.4 Å². The highest BCUT2D eigenvalue weighted by Crippen LogP contribution is 2.45. The van der Waals surface area contributed by atoms with Crippen molar-refractivity contribution in [2.75, 3.05) is 39.6 Å². The molecule has 0 spiro atoms. The molecule has 0 bridgehead atoms. The summed E-state index contributed by atoms with van der Waals surface area (Å²) in [5.74, 6) is -1.38. The smallest absolute Gasteiger partial charge is 0.462 e. The lowest BCUT2D eigenvalue weighted by atomic mass is 10.0. The third-order valence-electron chi connectivity index (χ3n) is 14.8. The van der Waals surface area contributed by atoms with Crippen molar-refractivity contribution in [3.05, 3.63) is 0 Å². The topological polar surface area (TPSA) is 237 Å². The van der Waals surface area contributed by atoms with E-state index in [4.69, 9.17) is 37.0 Å². The van der Waals surface area contributed by atoms with Crippen LogP contribution in [0.25, 0.3) is 0 Å². The summed E-state index contributed by atoms with van der Waals surface area (Å²) >= 11 is 0. The monoisotopic (exact) mass is 1230 g/mol. The molecule has 83 heavy (non-hydrogen) atoms. The predicted molar refractivity (Wildman–Crippen MR) is 331 cm³/mol. The molecule has 0 radical (unpaired) electrons. The van der Waals surface area contributed by atoms with Crippen molar-refractivity contribution < 1.29 is 80.2 Å². The molecule has 0 saturated carbocycles. The highest BCUT2D eigenvalue weighted by atomic mass is 31.2. The number of carbonyl (C=O) groups excluding carboxylic acids is 4. The zero-order chi connectivity index (χ0) is 61.3. The molecular formula is C64H124O17P2. The second kappa shape index (κ2) is 57.8. The second-order valence-electron chi connectivity index (χ2n) is 23.6. The number of hydrogen-bond donors (Lipinski definition) is 3. The lowest BCUT2D eigenvalue weighted by molar-refractivity contribution is -0.161. The molecule has 0 amide bonds. The molecule has 0 rings (SSSR count). The van der Waals surface area contributed by atoms with Crippen molar-refractivity contribution in [2.24, 2.45) is 5.92 Å². The highest BCUT2D eigenvalue weighted by Gasteiger charge is 2.30. The van der Waals surface area contributed by atoms with Crippen LogP contribution in [0.1, 0.15) is 324 Å².